The molecule has 0 aliphatic rings. The van der Waals surface area contributed by atoms with Crippen LogP contribution in [0.5, 0.6) is 0 Å². The predicted octanol–water partition coefficient (Wildman–Crippen LogP) is 2.03. The van der Waals surface area contributed by atoms with Crippen molar-refractivity contribution in [3.63, 3.8) is 0 Å². The van der Waals surface area contributed by atoms with E-state index in [0.29, 0.717) is 12.0 Å². The lowest BCUT2D eigenvalue weighted by molar-refractivity contribution is 0.923. The summed E-state index contributed by atoms with van der Waals surface area (Å²) < 4.78 is 0. The van der Waals surface area contributed by atoms with E-state index in [2.05, 4.69) is 4.98 Å². The number of aromatic nitrogens is 1. The standard InChI is InChI=1S/C15H14ClN3O/c16-7-11-12(8-17)14(19-15(20)13(11)9-18)6-10-4-2-1-3-5-10/h1-5H,6-8,17H2,(H,19,20). The molecule has 0 radical (unpaired) electrons. The fourth-order valence-electron chi connectivity index (χ4n) is 2.21. The number of benzene rings is 1. The van der Waals surface area contributed by atoms with Gasteiger partial charge in [0.1, 0.15) is 11.6 Å². The number of rotatable bonds is 4. The molecule has 20 heavy (non-hydrogen) atoms. The molecule has 0 fully saturated rings. The number of nitriles is 1. The molecular formula is C15H14ClN3O. The zero-order chi connectivity index (χ0) is 14.5. The van der Waals surface area contributed by atoms with E-state index in [4.69, 9.17) is 22.6 Å². The third kappa shape index (κ3) is 2.74. The number of hydrogen-bond donors (Lipinski definition) is 2. The predicted molar refractivity (Wildman–Crippen MR) is 78.5 cm³/mol. The SMILES string of the molecule is N#Cc1c(CCl)c(CN)c(Cc2ccccc2)[nH]c1=O. The normalized spacial score (nSPS) is 10.2. The van der Waals surface area contributed by atoms with Crippen molar-refractivity contribution >= 4 is 11.6 Å². The van der Waals surface area contributed by atoms with Gasteiger partial charge in [-0.15, -0.1) is 11.6 Å². The van der Waals surface area contributed by atoms with Crippen molar-refractivity contribution in [1.82, 2.24) is 4.98 Å². The summed E-state index contributed by atoms with van der Waals surface area (Å²) in [5, 5.41) is 9.06. The second-order valence-electron chi connectivity index (χ2n) is 4.38. The first-order chi connectivity index (χ1) is 9.71. The van der Waals surface area contributed by atoms with E-state index in [9.17, 15) is 4.79 Å². The van der Waals surface area contributed by atoms with Crippen molar-refractivity contribution < 1.29 is 0 Å². The Bertz CT molecular complexity index is 702. The maximum Gasteiger partial charge on any atom is 0.266 e. The number of alkyl halides is 1. The molecule has 4 nitrogen and oxygen atoms in total. The Balaban J connectivity index is 2.57. The van der Waals surface area contributed by atoms with Crippen LogP contribution in [0.15, 0.2) is 35.1 Å². The fourth-order valence-corrected chi connectivity index (χ4v) is 2.50. The van der Waals surface area contributed by atoms with Crippen molar-refractivity contribution in [2.45, 2.75) is 18.8 Å². The van der Waals surface area contributed by atoms with Crippen LogP contribution in [-0.2, 0) is 18.8 Å². The van der Waals surface area contributed by atoms with Gasteiger partial charge in [-0.3, -0.25) is 4.79 Å². The molecule has 0 aliphatic heterocycles. The number of halogens is 1. The molecule has 2 rings (SSSR count). The molecule has 0 amide bonds. The molecule has 1 heterocycles. The van der Waals surface area contributed by atoms with Crippen LogP contribution in [0.2, 0.25) is 0 Å². The number of nitrogens with one attached hydrogen (secondary N) is 1. The number of nitrogens with two attached hydrogens (primary N) is 1. The molecule has 1 aromatic carbocycles. The van der Waals surface area contributed by atoms with E-state index in [1.54, 1.807) is 0 Å². The molecule has 102 valence electrons. The van der Waals surface area contributed by atoms with Crippen LogP contribution in [0.1, 0.15) is 27.9 Å². The molecule has 0 unspecified atom stereocenters. The zero-order valence-electron chi connectivity index (χ0n) is 10.8. The fraction of sp³-hybridized carbons (Fsp3) is 0.200. The third-order valence-electron chi connectivity index (χ3n) is 3.20. The highest BCUT2D eigenvalue weighted by Gasteiger charge is 2.15. The van der Waals surface area contributed by atoms with Gasteiger partial charge in [0, 0.05) is 24.5 Å². The van der Waals surface area contributed by atoms with E-state index in [-0.39, 0.29) is 18.0 Å². The second-order valence-corrected chi connectivity index (χ2v) is 4.64. The molecule has 0 atom stereocenters. The maximum atomic E-state index is 11.9. The van der Waals surface area contributed by atoms with Crippen molar-refractivity contribution in [3.8, 4) is 6.07 Å². The highest BCUT2D eigenvalue weighted by Crippen LogP contribution is 2.19. The lowest BCUT2D eigenvalue weighted by atomic mass is 9.98. The topological polar surface area (TPSA) is 82.7 Å². The lowest BCUT2D eigenvalue weighted by Gasteiger charge is -2.13. The Morgan fingerprint density at radius 1 is 1.25 bits per heavy atom. The summed E-state index contributed by atoms with van der Waals surface area (Å²) in [5.41, 5.74) is 8.47. The average molecular weight is 288 g/mol. The number of aromatic amines is 1. The first-order valence-corrected chi connectivity index (χ1v) is 6.71. The van der Waals surface area contributed by atoms with Gasteiger partial charge in [-0.1, -0.05) is 30.3 Å². The van der Waals surface area contributed by atoms with Crippen molar-refractivity contribution in [3.05, 3.63) is 68.6 Å². The molecule has 0 aliphatic carbocycles. The van der Waals surface area contributed by atoms with E-state index >= 15 is 0 Å². The van der Waals surface area contributed by atoms with Crippen molar-refractivity contribution in [1.29, 1.82) is 5.26 Å². The summed E-state index contributed by atoms with van der Waals surface area (Å²) in [6.45, 7) is 0.232. The van der Waals surface area contributed by atoms with E-state index in [1.807, 2.05) is 36.4 Å². The van der Waals surface area contributed by atoms with Gasteiger partial charge in [-0.25, -0.2) is 0 Å². The molecule has 0 saturated heterocycles. The number of pyridine rings is 1. The van der Waals surface area contributed by atoms with Crippen LogP contribution in [0.3, 0.4) is 0 Å². The molecule has 2 aromatic rings. The Morgan fingerprint density at radius 3 is 2.50 bits per heavy atom. The average Bonchev–Trinajstić information content (AvgIpc) is 2.47. The minimum atomic E-state index is -0.411. The summed E-state index contributed by atoms with van der Waals surface area (Å²) in [5.74, 6) is 0.0983. The van der Waals surface area contributed by atoms with Gasteiger partial charge in [0.05, 0.1) is 0 Å². The Labute approximate surface area is 121 Å². The van der Waals surface area contributed by atoms with E-state index in [1.165, 1.54) is 0 Å². The van der Waals surface area contributed by atoms with Crippen LogP contribution < -0.4 is 11.3 Å². The molecule has 0 spiro atoms. The van der Waals surface area contributed by atoms with Crippen LogP contribution in [0.25, 0.3) is 0 Å². The van der Waals surface area contributed by atoms with E-state index in [0.717, 1.165) is 16.8 Å². The maximum absolute atomic E-state index is 11.9. The van der Waals surface area contributed by atoms with Gasteiger partial charge in [0.2, 0.25) is 0 Å². The van der Waals surface area contributed by atoms with Gasteiger partial charge in [-0.05, 0) is 16.7 Å². The van der Waals surface area contributed by atoms with Crippen LogP contribution in [0, 0.1) is 11.3 Å². The summed E-state index contributed by atoms with van der Waals surface area (Å²) in [6.07, 6.45) is 0.554. The van der Waals surface area contributed by atoms with Gasteiger partial charge in [0.15, 0.2) is 0 Å². The Morgan fingerprint density at radius 2 is 1.95 bits per heavy atom. The first kappa shape index (κ1) is 14.3. The first-order valence-electron chi connectivity index (χ1n) is 6.18. The monoisotopic (exact) mass is 287 g/mol. The van der Waals surface area contributed by atoms with Gasteiger partial charge in [0.25, 0.3) is 5.56 Å². The quantitative estimate of drug-likeness (QED) is 0.844. The molecule has 3 N–H and O–H groups in total. The minimum Gasteiger partial charge on any atom is -0.326 e. The Kier molecular flexibility index (Phi) is 4.57. The lowest BCUT2D eigenvalue weighted by Crippen LogP contribution is -2.21. The van der Waals surface area contributed by atoms with Crippen molar-refractivity contribution in [2.24, 2.45) is 5.73 Å². The second kappa shape index (κ2) is 6.38. The molecule has 1 aromatic heterocycles. The summed E-state index contributed by atoms with van der Waals surface area (Å²) >= 11 is 5.88. The molecular weight excluding hydrogens is 274 g/mol. The van der Waals surface area contributed by atoms with Gasteiger partial charge >= 0.3 is 0 Å². The smallest absolute Gasteiger partial charge is 0.266 e. The van der Waals surface area contributed by atoms with Crippen LogP contribution in [0.4, 0.5) is 0 Å². The summed E-state index contributed by atoms with van der Waals surface area (Å²) in [6, 6.07) is 11.6. The van der Waals surface area contributed by atoms with E-state index < -0.39 is 5.56 Å². The molecule has 5 heteroatoms. The number of H-pyrrole nitrogens is 1. The zero-order valence-corrected chi connectivity index (χ0v) is 11.6. The molecule has 0 saturated carbocycles. The summed E-state index contributed by atoms with van der Waals surface area (Å²) in [4.78, 5) is 14.7. The minimum absolute atomic E-state index is 0.0530. The van der Waals surface area contributed by atoms with Crippen LogP contribution in [-0.4, -0.2) is 4.98 Å². The van der Waals surface area contributed by atoms with Gasteiger partial charge in [-0.2, -0.15) is 5.26 Å². The largest absolute Gasteiger partial charge is 0.326 e. The van der Waals surface area contributed by atoms with Crippen LogP contribution >= 0.6 is 11.6 Å². The highest BCUT2D eigenvalue weighted by atomic mass is 35.5. The van der Waals surface area contributed by atoms with Gasteiger partial charge < -0.3 is 10.7 Å². The highest BCUT2D eigenvalue weighted by molar-refractivity contribution is 6.17. The summed E-state index contributed by atoms with van der Waals surface area (Å²) in [7, 11) is 0. The number of hydrogen-bond acceptors (Lipinski definition) is 3. The Hall–Kier alpha value is -2.09. The van der Waals surface area contributed by atoms with Crippen molar-refractivity contribution in [2.75, 3.05) is 0 Å². The third-order valence-corrected chi connectivity index (χ3v) is 3.46. The molecule has 0 bridgehead atoms. The number of nitrogens with zero attached hydrogens (tertiary/aromatic N) is 1.